The zero-order valence-electron chi connectivity index (χ0n) is 15.4. The molecule has 1 saturated heterocycles. The number of hydrogen-bond acceptors (Lipinski definition) is 4. The second-order valence-corrected chi connectivity index (χ2v) is 7.06. The Labute approximate surface area is 169 Å². The van der Waals surface area contributed by atoms with Gasteiger partial charge in [-0.15, -0.1) is 0 Å². The largest absolute Gasteiger partial charge is 0.368 e. The summed E-state index contributed by atoms with van der Waals surface area (Å²) in [5.74, 6) is -0.0306. The highest BCUT2D eigenvalue weighted by molar-refractivity contribution is 6.33. The van der Waals surface area contributed by atoms with E-state index in [1.54, 1.807) is 12.3 Å². The van der Waals surface area contributed by atoms with Crippen molar-refractivity contribution in [3.8, 4) is 0 Å². The average molecular weight is 393 g/mol. The molecule has 1 aliphatic rings. The Bertz CT molecular complexity index is 938. The quantitative estimate of drug-likeness (QED) is 0.713. The highest BCUT2D eigenvalue weighted by Gasteiger charge is 2.23. The van der Waals surface area contributed by atoms with Crippen LogP contribution in [0.1, 0.15) is 10.5 Å². The number of rotatable bonds is 4. The van der Waals surface area contributed by atoms with Gasteiger partial charge in [0.05, 0.1) is 22.6 Å². The molecule has 2 aromatic carbocycles. The summed E-state index contributed by atoms with van der Waals surface area (Å²) in [5.41, 5.74) is 3.25. The van der Waals surface area contributed by atoms with Gasteiger partial charge in [-0.05, 0) is 36.4 Å². The Morgan fingerprint density at radius 3 is 2.29 bits per heavy atom. The summed E-state index contributed by atoms with van der Waals surface area (Å²) < 4.78 is 0. The lowest BCUT2D eigenvalue weighted by Crippen LogP contribution is -2.49. The topological polar surface area (TPSA) is 48.5 Å². The molecule has 0 aliphatic carbocycles. The van der Waals surface area contributed by atoms with Gasteiger partial charge in [0.25, 0.3) is 5.91 Å². The lowest BCUT2D eigenvalue weighted by molar-refractivity contribution is 0.0741. The monoisotopic (exact) mass is 392 g/mol. The number of anilines is 3. The molecule has 2 heterocycles. The minimum absolute atomic E-state index is 0.0306. The van der Waals surface area contributed by atoms with E-state index in [1.165, 1.54) is 5.69 Å². The maximum absolute atomic E-state index is 12.8. The fraction of sp³-hybridized carbons (Fsp3) is 0.182. The molecule has 0 radical (unpaired) electrons. The fourth-order valence-corrected chi connectivity index (χ4v) is 3.46. The average Bonchev–Trinajstić information content (AvgIpc) is 2.76. The number of halogens is 1. The maximum Gasteiger partial charge on any atom is 0.272 e. The van der Waals surface area contributed by atoms with Gasteiger partial charge in [0, 0.05) is 31.9 Å². The molecule has 5 nitrogen and oxygen atoms in total. The van der Waals surface area contributed by atoms with Crippen LogP contribution in [-0.2, 0) is 0 Å². The van der Waals surface area contributed by atoms with E-state index in [4.69, 9.17) is 11.6 Å². The SMILES string of the molecule is O=C(c1ccc(Nc2ccccc2Cl)cn1)N1CCN(c2ccccc2)CC1. The third kappa shape index (κ3) is 4.10. The van der Waals surface area contributed by atoms with E-state index in [0.29, 0.717) is 23.8 Å². The molecule has 4 rings (SSSR count). The summed E-state index contributed by atoms with van der Waals surface area (Å²) in [4.78, 5) is 21.3. The van der Waals surface area contributed by atoms with Crippen LogP contribution in [0.4, 0.5) is 17.1 Å². The standard InChI is InChI=1S/C22H21ClN4O/c23-19-8-4-5-9-20(19)25-17-10-11-21(24-16-17)22(28)27-14-12-26(13-15-27)18-6-2-1-3-7-18/h1-11,16,25H,12-15H2. The van der Waals surface area contributed by atoms with Crippen molar-refractivity contribution in [2.75, 3.05) is 36.4 Å². The molecule has 142 valence electrons. The molecule has 0 bridgehead atoms. The van der Waals surface area contributed by atoms with E-state index in [-0.39, 0.29) is 5.91 Å². The predicted molar refractivity (Wildman–Crippen MR) is 114 cm³/mol. The Morgan fingerprint density at radius 1 is 0.893 bits per heavy atom. The lowest BCUT2D eigenvalue weighted by Gasteiger charge is -2.36. The van der Waals surface area contributed by atoms with Crippen molar-refractivity contribution in [2.45, 2.75) is 0 Å². The molecule has 6 heteroatoms. The second-order valence-electron chi connectivity index (χ2n) is 6.65. The second kappa shape index (κ2) is 8.31. The Morgan fingerprint density at radius 2 is 1.61 bits per heavy atom. The summed E-state index contributed by atoms with van der Waals surface area (Å²) in [6.45, 7) is 3.02. The van der Waals surface area contributed by atoms with Crippen LogP contribution < -0.4 is 10.2 Å². The summed E-state index contributed by atoms with van der Waals surface area (Å²) in [7, 11) is 0. The normalized spacial score (nSPS) is 14.0. The van der Waals surface area contributed by atoms with Gasteiger partial charge >= 0.3 is 0 Å². The molecule has 0 spiro atoms. The molecule has 0 saturated carbocycles. The molecule has 0 atom stereocenters. The van der Waals surface area contributed by atoms with Crippen LogP contribution >= 0.6 is 11.6 Å². The van der Waals surface area contributed by atoms with Crippen molar-refractivity contribution in [1.29, 1.82) is 0 Å². The van der Waals surface area contributed by atoms with Crippen molar-refractivity contribution < 1.29 is 4.79 Å². The number of nitrogens with one attached hydrogen (secondary N) is 1. The first-order valence-electron chi connectivity index (χ1n) is 9.27. The number of nitrogens with zero attached hydrogens (tertiary/aromatic N) is 3. The highest BCUT2D eigenvalue weighted by Crippen LogP contribution is 2.24. The first-order chi connectivity index (χ1) is 13.7. The maximum atomic E-state index is 12.8. The predicted octanol–water partition coefficient (Wildman–Crippen LogP) is 4.44. The number of benzene rings is 2. The van der Waals surface area contributed by atoms with E-state index in [2.05, 4.69) is 27.3 Å². The van der Waals surface area contributed by atoms with Crippen LogP contribution in [0.15, 0.2) is 72.9 Å². The zero-order chi connectivity index (χ0) is 19.3. The molecule has 1 fully saturated rings. The van der Waals surface area contributed by atoms with E-state index < -0.39 is 0 Å². The molecule has 28 heavy (non-hydrogen) atoms. The van der Waals surface area contributed by atoms with Crippen LogP contribution in [0.3, 0.4) is 0 Å². The van der Waals surface area contributed by atoms with Crippen molar-refractivity contribution in [3.63, 3.8) is 0 Å². The number of para-hydroxylation sites is 2. The number of carbonyl (C=O) groups excluding carboxylic acids is 1. The van der Waals surface area contributed by atoms with E-state index in [9.17, 15) is 4.79 Å². The Hall–Kier alpha value is -3.05. The van der Waals surface area contributed by atoms with Crippen LogP contribution in [0.5, 0.6) is 0 Å². The number of hydrogen-bond donors (Lipinski definition) is 1. The summed E-state index contributed by atoms with van der Waals surface area (Å²) >= 11 is 6.17. The number of pyridine rings is 1. The minimum atomic E-state index is -0.0306. The summed E-state index contributed by atoms with van der Waals surface area (Å²) in [6, 6.07) is 21.4. The Balaban J connectivity index is 1.37. The first-order valence-corrected chi connectivity index (χ1v) is 9.65. The van der Waals surface area contributed by atoms with Crippen molar-refractivity contribution >= 4 is 34.6 Å². The third-order valence-corrected chi connectivity index (χ3v) is 5.15. The van der Waals surface area contributed by atoms with Gasteiger partial charge in [0.15, 0.2) is 0 Å². The molecule has 0 unspecified atom stereocenters. The van der Waals surface area contributed by atoms with Gasteiger partial charge < -0.3 is 15.1 Å². The summed E-state index contributed by atoms with van der Waals surface area (Å²) in [5, 5.41) is 3.85. The van der Waals surface area contributed by atoms with Crippen LogP contribution in [0.2, 0.25) is 5.02 Å². The smallest absolute Gasteiger partial charge is 0.272 e. The lowest BCUT2D eigenvalue weighted by atomic mass is 10.2. The number of amides is 1. The van der Waals surface area contributed by atoms with Crippen LogP contribution in [0, 0.1) is 0 Å². The van der Waals surface area contributed by atoms with E-state index in [1.807, 2.05) is 53.4 Å². The molecular weight excluding hydrogens is 372 g/mol. The van der Waals surface area contributed by atoms with Crippen LogP contribution in [0.25, 0.3) is 0 Å². The molecule has 1 aliphatic heterocycles. The first kappa shape index (κ1) is 18.3. The van der Waals surface area contributed by atoms with Gasteiger partial charge in [-0.3, -0.25) is 4.79 Å². The molecule has 1 N–H and O–H groups in total. The zero-order valence-corrected chi connectivity index (χ0v) is 16.1. The molecule has 1 amide bonds. The van der Waals surface area contributed by atoms with E-state index >= 15 is 0 Å². The van der Waals surface area contributed by atoms with Gasteiger partial charge in [-0.1, -0.05) is 41.9 Å². The minimum Gasteiger partial charge on any atom is -0.368 e. The molecular formula is C22H21ClN4O. The Kier molecular flexibility index (Phi) is 5.44. The van der Waals surface area contributed by atoms with Gasteiger partial charge in [-0.25, -0.2) is 4.98 Å². The number of aromatic nitrogens is 1. The third-order valence-electron chi connectivity index (χ3n) is 4.82. The van der Waals surface area contributed by atoms with Crippen LogP contribution in [-0.4, -0.2) is 42.0 Å². The van der Waals surface area contributed by atoms with Crippen molar-refractivity contribution in [3.05, 3.63) is 83.6 Å². The summed E-state index contributed by atoms with van der Waals surface area (Å²) in [6.07, 6.45) is 1.66. The molecule has 1 aromatic heterocycles. The molecule has 3 aromatic rings. The number of piperazine rings is 1. The van der Waals surface area contributed by atoms with E-state index in [0.717, 1.165) is 24.5 Å². The fourth-order valence-electron chi connectivity index (χ4n) is 3.28. The van der Waals surface area contributed by atoms with Gasteiger partial charge in [0.1, 0.15) is 5.69 Å². The van der Waals surface area contributed by atoms with Gasteiger partial charge in [0.2, 0.25) is 0 Å². The van der Waals surface area contributed by atoms with Crippen molar-refractivity contribution in [1.82, 2.24) is 9.88 Å². The number of carbonyl (C=O) groups is 1. The van der Waals surface area contributed by atoms with Crippen molar-refractivity contribution in [2.24, 2.45) is 0 Å². The highest BCUT2D eigenvalue weighted by atomic mass is 35.5. The van der Waals surface area contributed by atoms with Gasteiger partial charge in [-0.2, -0.15) is 0 Å².